The van der Waals surface area contributed by atoms with Crippen LogP contribution in [-0.2, 0) is 6.42 Å². The Bertz CT molecular complexity index is 991. The number of nitrogens with one attached hydrogen (secondary N) is 1. The van der Waals surface area contributed by atoms with Crippen LogP contribution in [0.25, 0.3) is 16.5 Å². The largest absolute Gasteiger partial charge is 0.454 e. The molecule has 0 atom stereocenters. The Morgan fingerprint density at radius 1 is 1.00 bits per heavy atom. The van der Waals surface area contributed by atoms with Crippen LogP contribution in [0.3, 0.4) is 0 Å². The van der Waals surface area contributed by atoms with Crippen molar-refractivity contribution in [1.82, 2.24) is 9.88 Å². The van der Waals surface area contributed by atoms with Gasteiger partial charge in [-0.15, -0.1) is 0 Å². The fourth-order valence-electron chi connectivity index (χ4n) is 4.26. The van der Waals surface area contributed by atoms with Crippen LogP contribution in [-0.4, -0.2) is 36.3 Å². The van der Waals surface area contributed by atoms with E-state index in [1.807, 2.05) is 6.07 Å². The van der Waals surface area contributed by atoms with E-state index < -0.39 is 0 Å². The van der Waals surface area contributed by atoms with Gasteiger partial charge in [0.25, 0.3) is 0 Å². The van der Waals surface area contributed by atoms with Gasteiger partial charge in [-0.2, -0.15) is 0 Å². The van der Waals surface area contributed by atoms with Gasteiger partial charge in [0, 0.05) is 36.3 Å². The Balaban J connectivity index is 1.13. The fourth-order valence-corrected chi connectivity index (χ4v) is 4.26. The lowest BCUT2D eigenvalue weighted by atomic mass is 9.99. The number of H-pyrrole nitrogens is 1. The molecule has 0 amide bonds. The SMILES string of the molecule is C1=C(c2ccccc2)CCN(CCCCc2c[nH]c3cc4c(cc23)OCO4)C1. The number of nitrogens with zero attached hydrogens (tertiary/aromatic N) is 1. The van der Waals surface area contributed by atoms with E-state index in [9.17, 15) is 0 Å². The molecule has 1 aromatic heterocycles. The zero-order valence-corrected chi connectivity index (χ0v) is 16.1. The van der Waals surface area contributed by atoms with E-state index >= 15 is 0 Å². The number of aryl methyl sites for hydroxylation is 1. The minimum atomic E-state index is 0.327. The summed E-state index contributed by atoms with van der Waals surface area (Å²) in [6.45, 7) is 3.74. The van der Waals surface area contributed by atoms with Crippen molar-refractivity contribution >= 4 is 16.5 Å². The lowest BCUT2D eigenvalue weighted by molar-refractivity contribution is 0.174. The minimum Gasteiger partial charge on any atom is -0.454 e. The first-order valence-electron chi connectivity index (χ1n) is 10.2. The number of rotatable bonds is 6. The molecule has 0 radical (unpaired) electrons. The van der Waals surface area contributed by atoms with E-state index in [-0.39, 0.29) is 0 Å². The summed E-state index contributed by atoms with van der Waals surface area (Å²) in [7, 11) is 0. The number of ether oxygens (including phenoxy) is 2. The second kappa shape index (κ2) is 7.72. The van der Waals surface area contributed by atoms with E-state index in [0.29, 0.717) is 6.79 Å². The molecule has 0 aliphatic carbocycles. The Morgan fingerprint density at radius 3 is 2.68 bits per heavy atom. The van der Waals surface area contributed by atoms with Crippen molar-refractivity contribution in [2.24, 2.45) is 0 Å². The van der Waals surface area contributed by atoms with Gasteiger partial charge in [-0.05, 0) is 55.0 Å². The monoisotopic (exact) mass is 374 g/mol. The molecule has 2 aromatic carbocycles. The molecule has 5 rings (SSSR count). The summed E-state index contributed by atoms with van der Waals surface area (Å²) in [5.74, 6) is 1.71. The molecule has 4 nitrogen and oxygen atoms in total. The zero-order valence-electron chi connectivity index (χ0n) is 16.1. The predicted octanol–water partition coefficient (Wildman–Crippen LogP) is 5.01. The number of fused-ring (bicyclic) bond motifs is 2. The quantitative estimate of drug-likeness (QED) is 0.617. The first-order valence-corrected chi connectivity index (χ1v) is 10.2. The Labute approximate surface area is 165 Å². The van der Waals surface area contributed by atoms with Crippen molar-refractivity contribution in [3.8, 4) is 11.5 Å². The van der Waals surface area contributed by atoms with Crippen LogP contribution in [0.1, 0.15) is 30.4 Å². The summed E-state index contributed by atoms with van der Waals surface area (Å²) in [5, 5.41) is 1.26. The highest BCUT2D eigenvalue weighted by molar-refractivity contribution is 5.86. The molecule has 2 aliphatic rings. The highest BCUT2D eigenvalue weighted by atomic mass is 16.7. The molecular formula is C24H26N2O2. The van der Waals surface area contributed by atoms with Crippen LogP contribution in [0, 0.1) is 0 Å². The van der Waals surface area contributed by atoms with Gasteiger partial charge >= 0.3 is 0 Å². The highest BCUT2D eigenvalue weighted by Gasteiger charge is 2.17. The third-order valence-corrected chi connectivity index (χ3v) is 5.87. The van der Waals surface area contributed by atoms with Gasteiger partial charge < -0.3 is 14.5 Å². The van der Waals surface area contributed by atoms with Gasteiger partial charge in [-0.3, -0.25) is 4.90 Å². The topological polar surface area (TPSA) is 37.5 Å². The molecule has 2 aliphatic heterocycles. The van der Waals surface area contributed by atoms with Gasteiger partial charge in [0.1, 0.15) is 0 Å². The molecule has 0 fully saturated rings. The normalized spacial score (nSPS) is 16.5. The molecular weight excluding hydrogens is 348 g/mol. The molecule has 144 valence electrons. The third kappa shape index (κ3) is 3.52. The van der Waals surface area contributed by atoms with E-state index in [2.05, 4.69) is 58.6 Å². The standard InChI is InChI=1S/C24H26N2O2/c1-2-6-18(7-3-1)19-9-12-26(13-10-19)11-5-4-8-20-16-25-22-15-24-23(14-21(20)22)27-17-28-24/h1-3,6-7,9,14-16,25H,4-5,8,10-13,17H2. The van der Waals surface area contributed by atoms with Crippen molar-refractivity contribution in [1.29, 1.82) is 0 Å². The lowest BCUT2D eigenvalue weighted by Crippen LogP contribution is -2.29. The van der Waals surface area contributed by atoms with Gasteiger partial charge in [0.05, 0.1) is 0 Å². The Hall–Kier alpha value is -2.72. The van der Waals surface area contributed by atoms with Crippen molar-refractivity contribution < 1.29 is 9.47 Å². The molecule has 0 bridgehead atoms. The van der Waals surface area contributed by atoms with Crippen LogP contribution in [0.15, 0.2) is 54.7 Å². The summed E-state index contributed by atoms with van der Waals surface area (Å²) < 4.78 is 11.0. The summed E-state index contributed by atoms with van der Waals surface area (Å²) in [6, 6.07) is 14.9. The van der Waals surface area contributed by atoms with Crippen LogP contribution >= 0.6 is 0 Å². The zero-order chi connectivity index (χ0) is 18.8. The van der Waals surface area contributed by atoms with Crippen LogP contribution in [0.5, 0.6) is 11.5 Å². The van der Waals surface area contributed by atoms with Gasteiger partial charge in [-0.25, -0.2) is 0 Å². The maximum Gasteiger partial charge on any atom is 0.231 e. The highest BCUT2D eigenvalue weighted by Crippen LogP contribution is 2.37. The number of aromatic amines is 1. The fraction of sp³-hybridized carbons (Fsp3) is 0.333. The molecule has 4 heteroatoms. The summed E-state index contributed by atoms with van der Waals surface area (Å²) in [6.07, 6.45) is 9.22. The molecule has 0 unspecified atom stereocenters. The van der Waals surface area contributed by atoms with Gasteiger partial charge in [0.15, 0.2) is 11.5 Å². The average molecular weight is 374 g/mol. The van der Waals surface area contributed by atoms with Gasteiger partial charge in [0.2, 0.25) is 6.79 Å². The molecule has 0 saturated carbocycles. The summed E-state index contributed by atoms with van der Waals surface area (Å²) in [4.78, 5) is 5.94. The van der Waals surface area contributed by atoms with E-state index in [1.54, 1.807) is 0 Å². The predicted molar refractivity (Wildman–Crippen MR) is 113 cm³/mol. The minimum absolute atomic E-state index is 0.327. The molecule has 0 spiro atoms. The number of hydrogen-bond acceptors (Lipinski definition) is 3. The number of aromatic nitrogens is 1. The number of benzene rings is 2. The van der Waals surface area contributed by atoms with Crippen LogP contribution in [0.4, 0.5) is 0 Å². The maximum atomic E-state index is 5.53. The van der Waals surface area contributed by atoms with E-state index in [0.717, 1.165) is 42.9 Å². The summed E-state index contributed by atoms with van der Waals surface area (Å²) >= 11 is 0. The van der Waals surface area contributed by atoms with Crippen molar-refractivity contribution in [2.75, 3.05) is 26.4 Å². The van der Waals surface area contributed by atoms with Crippen molar-refractivity contribution in [2.45, 2.75) is 25.7 Å². The van der Waals surface area contributed by atoms with Crippen LogP contribution < -0.4 is 9.47 Å². The molecule has 0 saturated heterocycles. The molecule has 28 heavy (non-hydrogen) atoms. The van der Waals surface area contributed by atoms with Crippen molar-refractivity contribution in [3.63, 3.8) is 0 Å². The van der Waals surface area contributed by atoms with E-state index in [4.69, 9.17) is 9.47 Å². The Morgan fingerprint density at radius 2 is 1.86 bits per heavy atom. The average Bonchev–Trinajstić information content (AvgIpc) is 3.37. The second-order valence-corrected chi connectivity index (χ2v) is 7.67. The number of hydrogen-bond donors (Lipinski definition) is 1. The maximum absolute atomic E-state index is 5.53. The molecule has 3 aromatic rings. The first-order chi connectivity index (χ1) is 13.9. The third-order valence-electron chi connectivity index (χ3n) is 5.87. The second-order valence-electron chi connectivity index (χ2n) is 7.67. The first kappa shape index (κ1) is 17.4. The van der Waals surface area contributed by atoms with Crippen molar-refractivity contribution in [3.05, 3.63) is 65.9 Å². The summed E-state index contributed by atoms with van der Waals surface area (Å²) in [5.41, 5.74) is 5.38. The Kier molecular flexibility index (Phi) is 4.79. The van der Waals surface area contributed by atoms with Gasteiger partial charge in [-0.1, -0.05) is 36.4 Å². The smallest absolute Gasteiger partial charge is 0.231 e. The molecule has 1 N–H and O–H groups in total. The van der Waals surface area contributed by atoms with E-state index in [1.165, 1.54) is 41.5 Å². The number of unbranched alkanes of at least 4 members (excludes halogenated alkanes) is 1. The molecule has 3 heterocycles. The van der Waals surface area contributed by atoms with Crippen LogP contribution in [0.2, 0.25) is 0 Å². The lowest BCUT2D eigenvalue weighted by Gasteiger charge is -2.26.